The molecule has 1 aliphatic rings. The van der Waals surface area contributed by atoms with E-state index in [1.165, 1.54) is 0 Å². The number of carbonyl (C=O) groups excluding carboxylic acids is 2. The van der Waals surface area contributed by atoms with Crippen molar-refractivity contribution in [1.82, 2.24) is 15.1 Å². The number of aryl methyl sites for hydroxylation is 2. The zero-order valence-corrected chi connectivity index (χ0v) is 14.4. The first kappa shape index (κ1) is 16.6. The molecule has 7 heteroatoms. The number of carbonyl (C=O) groups is 2. The second-order valence-corrected chi connectivity index (χ2v) is 6.88. The van der Waals surface area contributed by atoms with E-state index in [1.54, 1.807) is 23.9 Å². The number of benzene rings is 1. The minimum absolute atomic E-state index is 0.00618. The van der Waals surface area contributed by atoms with Gasteiger partial charge < -0.3 is 10.6 Å². The number of anilines is 1. The van der Waals surface area contributed by atoms with Crippen molar-refractivity contribution in [3.63, 3.8) is 0 Å². The molecule has 0 aliphatic carbocycles. The van der Waals surface area contributed by atoms with E-state index in [0.29, 0.717) is 18.5 Å². The summed E-state index contributed by atoms with van der Waals surface area (Å²) in [4.78, 5) is 24.9. The fourth-order valence-electron chi connectivity index (χ4n) is 2.50. The zero-order chi connectivity index (χ0) is 16.9. The number of nitrogens with zero attached hydrogens (tertiary/aromatic N) is 2. The summed E-state index contributed by atoms with van der Waals surface area (Å²) in [5.74, 6) is 0.628. The number of hydrogen-bond donors (Lipinski definition) is 2. The SMILES string of the molecule is Cc1cnn(CCCNC(=O)c2ccc3c(c2)NC(=O)CCS3)c1. The Morgan fingerprint density at radius 2 is 2.33 bits per heavy atom. The zero-order valence-electron chi connectivity index (χ0n) is 13.5. The maximum absolute atomic E-state index is 12.3. The quantitative estimate of drug-likeness (QED) is 0.817. The van der Waals surface area contributed by atoms with Gasteiger partial charge in [-0.05, 0) is 37.1 Å². The summed E-state index contributed by atoms with van der Waals surface area (Å²) in [7, 11) is 0. The van der Waals surface area contributed by atoms with Crippen LogP contribution in [0.4, 0.5) is 5.69 Å². The van der Waals surface area contributed by atoms with Crippen LogP contribution in [0.2, 0.25) is 0 Å². The number of amides is 2. The Hall–Kier alpha value is -2.28. The summed E-state index contributed by atoms with van der Waals surface area (Å²) >= 11 is 1.63. The summed E-state index contributed by atoms with van der Waals surface area (Å²) in [5.41, 5.74) is 2.41. The van der Waals surface area contributed by atoms with Crippen LogP contribution in [-0.4, -0.2) is 33.9 Å². The molecule has 0 bridgehead atoms. The van der Waals surface area contributed by atoms with Crippen LogP contribution in [0.25, 0.3) is 0 Å². The molecule has 24 heavy (non-hydrogen) atoms. The minimum atomic E-state index is -0.127. The molecular weight excluding hydrogens is 324 g/mol. The number of thioether (sulfide) groups is 1. The Kier molecular flexibility index (Phi) is 5.20. The van der Waals surface area contributed by atoms with E-state index in [2.05, 4.69) is 15.7 Å². The maximum Gasteiger partial charge on any atom is 0.251 e. The molecule has 0 saturated carbocycles. The summed E-state index contributed by atoms with van der Waals surface area (Å²) in [6.07, 6.45) is 5.10. The first-order valence-corrected chi connectivity index (χ1v) is 8.94. The normalized spacial score (nSPS) is 13.8. The Morgan fingerprint density at radius 1 is 1.46 bits per heavy atom. The number of nitrogens with one attached hydrogen (secondary N) is 2. The van der Waals surface area contributed by atoms with Gasteiger partial charge in [-0.3, -0.25) is 14.3 Å². The van der Waals surface area contributed by atoms with Gasteiger partial charge >= 0.3 is 0 Å². The highest BCUT2D eigenvalue weighted by Crippen LogP contribution is 2.31. The summed E-state index contributed by atoms with van der Waals surface area (Å²) < 4.78 is 1.87. The molecule has 0 fully saturated rings. The molecular formula is C17H20N4O2S. The first-order valence-electron chi connectivity index (χ1n) is 7.96. The highest BCUT2D eigenvalue weighted by Gasteiger charge is 2.15. The summed E-state index contributed by atoms with van der Waals surface area (Å²) in [6, 6.07) is 5.44. The molecule has 1 aromatic heterocycles. The van der Waals surface area contributed by atoms with Gasteiger partial charge in [0.1, 0.15) is 0 Å². The van der Waals surface area contributed by atoms with E-state index >= 15 is 0 Å². The van der Waals surface area contributed by atoms with Gasteiger partial charge in [-0.15, -0.1) is 11.8 Å². The molecule has 1 aliphatic heterocycles. The van der Waals surface area contributed by atoms with Crippen LogP contribution >= 0.6 is 11.8 Å². The van der Waals surface area contributed by atoms with E-state index in [4.69, 9.17) is 0 Å². The molecule has 6 nitrogen and oxygen atoms in total. The van der Waals surface area contributed by atoms with Gasteiger partial charge in [-0.25, -0.2) is 0 Å². The average molecular weight is 344 g/mol. The third kappa shape index (κ3) is 4.17. The van der Waals surface area contributed by atoms with Crippen LogP contribution in [0.15, 0.2) is 35.5 Å². The third-order valence-electron chi connectivity index (χ3n) is 3.71. The Labute approximate surface area is 145 Å². The monoisotopic (exact) mass is 344 g/mol. The number of fused-ring (bicyclic) bond motifs is 1. The van der Waals surface area contributed by atoms with Crippen molar-refractivity contribution in [3.8, 4) is 0 Å². The van der Waals surface area contributed by atoms with Crippen molar-refractivity contribution in [2.24, 2.45) is 0 Å². The molecule has 0 unspecified atom stereocenters. The summed E-state index contributed by atoms with van der Waals surface area (Å²) in [5, 5.41) is 9.98. The largest absolute Gasteiger partial charge is 0.352 e. The van der Waals surface area contributed by atoms with Crippen LogP contribution < -0.4 is 10.6 Å². The molecule has 2 aromatic rings. The van der Waals surface area contributed by atoms with E-state index in [-0.39, 0.29) is 11.8 Å². The fourth-order valence-corrected chi connectivity index (χ4v) is 3.43. The van der Waals surface area contributed by atoms with Crippen LogP contribution in [0.5, 0.6) is 0 Å². The second kappa shape index (κ2) is 7.53. The van der Waals surface area contributed by atoms with Crippen molar-refractivity contribution in [3.05, 3.63) is 41.7 Å². The van der Waals surface area contributed by atoms with E-state index in [9.17, 15) is 9.59 Å². The molecule has 2 amide bonds. The highest BCUT2D eigenvalue weighted by atomic mass is 32.2. The lowest BCUT2D eigenvalue weighted by Gasteiger charge is -2.10. The van der Waals surface area contributed by atoms with Gasteiger partial charge in [-0.2, -0.15) is 5.10 Å². The van der Waals surface area contributed by atoms with Crippen LogP contribution in [0.1, 0.15) is 28.8 Å². The molecule has 1 aromatic carbocycles. The summed E-state index contributed by atoms with van der Waals surface area (Å²) in [6.45, 7) is 3.35. The Balaban J connectivity index is 1.54. The highest BCUT2D eigenvalue weighted by molar-refractivity contribution is 7.99. The second-order valence-electron chi connectivity index (χ2n) is 5.75. The maximum atomic E-state index is 12.3. The van der Waals surface area contributed by atoms with Crippen molar-refractivity contribution in [1.29, 1.82) is 0 Å². The van der Waals surface area contributed by atoms with Crippen LogP contribution in [-0.2, 0) is 11.3 Å². The van der Waals surface area contributed by atoms with Gasteiger partial charge in [0.15, 0.2) is 0 Å². The van der Waals surface area contributed by atoms with Gasteiger partial charge in [0.2, 0.25) is 5.91 Å². The number of rotatable bonds is 5. The van der Waals surface area contributed by atoms with Gasteiger partial charge in [0, 0.05) is 41.9 Å². The molecule has 2 heterocycles. The Morgan fingerprint density at radius 3 is 3.12 bits per heavy atom. The first-order chi connectivity index (χ1) is 11.6. The topological polar surface area (TPSA) is 76.0 Å². The van der Waals surface area contributed by atoms with E-state index in [0.717, 1.165) is 34.9 Å². The predicted molar refractivity (Wildman–Crippen MR) is 94.3 cm³/mol. The number of hydrogen-bond acceptors (Lipinski definition) is 4. The lowest BCUT2D eigenvalue weighted by molar-refractivity contribution is -0.115. The van der Waals surface area contributed by atoms with Gasteiger partial charge in [-0.1, -0.05) is 0 Å². The molecule has 3 rings (SSSR count). The molecule has 0 radical (unpaired) electrons. The standard InChI is InChI=1S/C17H20N4O2S/c1-12-10-19-21(11-12)7-2-6-18-17(23)13-3-4-15-14(9-13)20-16(22)5-8-24-15/h3-4,9-11H,2,5-8H2,1H3,(H,18,23)(H,20,22). The molecule has 0 spiro atoms. The molecule has 126 valence electrons. The molecule has 0 atom stereocenters. The minimum Gasteiger partial charge on any atom is -0.352 e. The van der Waals surface area contributed by atoms with Crippen molar-refractivity contribution in [2.45, 2.75) is 31.2 Å². The fraction of sp³-hybridized carbons (Fsp3) is 0.353. The third-order valence-corrected chi connectivity index (χ3v) is 4.79. The van der Waals surface area contributed by atoms with Crippen molar-refractivity contribution < 1.29 is 9.59 Å². The lowest BCUT2D eigenvalue weighted by Crippen LogP contribution is -2.25. The molecule has 0 saturated heterocycles. The number of aromatic nitrogens is 2. The van der Waals surface area contributed by atoms with E-state index < -0.39 is 0 Å². The van der Waals surface area contributed by atoms with Gasteiger partial charge in [0.05, 0.1) is 11.9 Å². The smallest absolute Gasteiger partial charge is 0.251 e. The predicted octanol–water partition coefficient (Wildman–Crippen LogP) is 2.45. The van der Waals surface area contributed by atoms with Crippen LogP contribution in [0, 0.1) is 6.92 Å². The van der Waals surface area contributed by atoms with Gasteiger partial charge in [0.25, 0.3) is 5.91 Å². The molecule has 2 N–H and O–H groups in total. The van der Waals surface area contributed by atoms with Crippen molar-refractivity contribution in [2.75, 3.05) is 17.6 Å². The lowest BCUT2D eigenvalue weighted by atomic mass is 10.2. The van der Waals surface area contributed by atoms with Crippen LogP contribution in [0.3, 0.4) is 0 Å². The Bertz CT molecular complexity index is 757. The van der Waals surface area contributed by atoms with E-state index in [1.807, 2.05) is 30.1 Å². The van der Waals surface area contributed by atoms with Crippen molar-refractivity contribution >= 4 is 29.3 Å². The average Bonchev–Trinajstić information content (AvgIpc) is 2.88.